The Bertz CT molecular complexity index is 383. The molecule has 1 rings (SSSR count). The quantitative estimate of drug-likeness (QED) is 0.543. The molecule has 0 fully saturated rings. The van der Waals surface area contributed by atoms with Crippen LogP contribution >= 0.6 is 0 Å². The summed E-state index contributed by atoms with van der Waals surface area (Å²) < 4.78 is 25.7. The van der Waals surface area contributed by atoms with Gasteiger partial charge in [-0.15, -0.1) is 0 Å². The Morgan fingerprint density at radius 2 is 1.85 bits per heavy atom. The van der Waals surface area contributed by atoms with Gasteiger partial charge in [0.15, 0.2) is 8.48 Å². The number of benzene rings is 1. The molecule has 3 nitrogen and oxygen atoms in total. The summed E-state index contributed by atoms with van der Waals surface area (Å²) >= 11 is 0.00341. The molecule has 0 bridgehead atoms. The van der Waals surface area contributed by atoms with Crippen LogP contribution in [0.3, 0.4) is 0 Å². The summed E-state index contributed by atoms with van der Waals surface area (Å²) in [6.45, 7) is 0. The van der Waals surface area contributed by atoms with Crippen LogP contribution in [0.2, 0.25) is 0 Å². The largest absolute Gasteiger partial charge is 0.473 e. The van der Waals surface area contributed by atoms with Crippen molar-refractivity contribution in [1.82, 2.24) is 0 Å². The highest BCUT2D eigenvalue weighted by Crippen LogP contribution is 2.01. The Hall–Kier alpha value is -0.758. The third-order valence-corrected chi connectivity index (χ3v) is 2.33. The van der Waals surface area contributed by atoms with Crippen LogP contribution < -0.4 is 0 Å². The molecule has 0 heterocycles. The Labute approximate surface area is 84.6 Å². The van der Waals surface area contributed by atoms with Gasteiger partial charge in [0.05, 0.1) is 0 Å². The van der Waals surface area contributed by atoms with Crippen molar-refractivity contribution in [3.05, 3.63) is 42.2 Å². The molecule has 0 saturated heterocycles. The second kappa shape index (κ2) is 4.47. The van der Waals surface area contributed by atoms with Crippen LogP contribution in [0.15, 0.2) is 36.6 Å². The van der Waals surface area contributed by atoms with Gasteiger partial charge >= 0.3 is 15.2 Å². The van der Waals surface area contributed by atoms with E-state index in [1.807, 2.05) is 30.3 Å². The van der Waals surface area contributed by atoms with E-state index in [2.05, 4.69) is 4.18 Å². The van der Waals surface area contributed by atoms with Crippen molar-refractivity contribution < 1.29 is 12.6 Å². The van der Waals surface area contributed by atoms with Crippen molar-refractivity contribution in [2.45, 2.75) is 0 Å². The van der Waals surface area contributed by atoms with Crippen molar-refractivity contribution in [2.75, 3.05) is 0 Å². The summed E-state index contributed by atoms with van der Waals surface area (Å²) in [5.74, 6) is 0. The molecule has 1 aromatic rings. The predicted molar refractivity (Wildman–Crippen MR) is 54.0 cm³/mol. The lowest BCUT2D eigenvalue weighted by Gasteiger charge is -1.95. The van der Waals surface area contributed by atoms with Gasteiger partial charge in [0.2, 0.25) is 0 Å². The summed E-state index contributed by atoms with van der Waals surface area (Å²) in [5.41, 5.74) is 0.910. The van der Waals surface area contributed by atoms with Crippen molar-refractivity contribution in [3.63, 3.8) is 0 Å². The minimum atomic E-state index is -3.24. The van der Waals surface area contributed by atoms with Gasteiger partial charge in [-0.1, -0.05) is 30.3 Å². The molecule has 0 aliphatic carbocycles. The average Bonchev–Trinajstić information content (AvgIpc) is 2.04. The van der Waals surface area contributed by atoms with Gasteiger partial charge in [0.1, 0.15) is 6.26 Å². The zero-order valence-electron chi connectivity index (χ0n) is 7.17. The Balaban J connectivity index is 2.61. The van der Waals surface area contributed by atoms with E-state index in [1.165, 1.54) is 6.26 Å². The van der Waals surface area contributed by atoms with Crippen LogP contribution in [0.25, 0.3) is 6.08 Å². The van der Waals surface area contributed by atoms with Crippen molar-refractivity contribution in [2.24, 2.45) is 0 Å². The average molecular weight is 212 g/mol. The molecule has 0 radical (unpaired) electrons. The van der Waals surface area contributed by atoms with Gasteiger partial charge in [0.25, 0.3) is 0 Å². The topological polar surface area (TPSA) is 43.4 Å². The SMILES string of the molecule is O=[S](=O)([AlH2])OC=Cc1ccccc1. The van der Waals surface area contributed by atoms with Gasteiger partial charge in [-0.05, 0) is 11.6 Å². The molecule has 0 saturated carbocycles. The Morgan fingerprint density at radius 3 is 2.38 bits per heavy atom. The van der Waals surface area contributed by atoms with Gasteiger partial charge in [-0.3, -0.25) is 0 Å². The smallest absolute Gasteiger partial charge is 0.408 e. The van der Waals surface area contributed by atoms with E-state index < -0.39 is 8.48 Å². The summed E-state index contributed by atoms with van der Waals surface area (Å²) in [5, 5.41) is 0. The van der Waals surface area contributed by atoms with Crippen molar-refractivity contribution >= 4 is 29.7 Å². The van der Waals surface area contributed by atoms with Crippen LogP contribution in [0.1, 0.15) is 5.56 Å². The molecular formula is C8H9AlO3S. The van der Waals surface area contributed by atoms with Gasteiger partial charge < -0.3 is 4.18 Å². The summed E-state index contributed by atoms with van der Waals surface area (Å²) in [6.07, 6.45) is 2.80. The lowest BCUT2D eigenvalue weighted by Crippen LogP contribution is -1.98. The fourth-order valence-electron chi connectivity index (χ4n) is 0.771. The highest BCUT2D eigenvalue weighted by atomic mass is 32.4. The molecular weight excluding hydrogens is 203 g/mol. The standard InChI is InChI=1S/C8H7O3S.Al.2H/c9-12(10)11-7-6-8-4-2-1-3-5-8;;;/h1-7H;;;. The maximum absolute atomic E-state index is 10.6. The van der Waals surface area contributed by atoms with E-state index in [0.29, 0.717) is 0 Å². The molecule has 0 unspecified atom stereocenters. The predicted octanol–water partition coefficient (Wildman–Crippen LogP) is 0.552. The third-order valence-electron chi connectivity index (χ3n) is 1.29. The second-order valence-electron chi connectivity index (χ2n) is 2.51. The molecule has 0 spiro atoms. The maximum Gasteiger partial charge on any atom is 0.473 e. The molecule has 68 valence electrons. The summed E-state index contributed by atoms with van der Waals surface area (Å²) in [4.78, 5) is 0. The molecule has 0 aliphatic rings. The molecule has 5 heteroatoms. The van der Waals surface area contributed by atoms with Gasteiger partial charge in [-0.2, -0.15) is 0 Å². The molecule has 13 heavy (non-hydrogen) atoms. The van der Waals surface area contributed by atoms with Crippen molar-refractivity contribution in [3.8, 4) is 0 Å². The van der Waals surface area contributed by atoms with Crippen LogP contribution in [0.5, 0.6) is 0 Å². The molecule has 0 amide bonds. The lowest BCUT2D eigenvalue weighted by atomic mass is 10.2. The van der Waals surface area contributed by atoms with Gasteiger partial charge in [0, 0.05) is 0 Å². The zero-order chi connectivity index (χ0) is 9.73. The monoisotopic (exact) mass is 212 g/mol. The second-order valence-corrected chi connectivity index (χ2v) is 7.11. The lowest BCUT2D eigenvalue weighted by molar-refractivity contribution is 0.462. The van der Waals surface area contributed by atoms with Crippen LogP contribution in [-0.2, 0) is 12.7 Å². The molecule has 0 atom stereocenters. The third kappa shape index (κ3) is 4.73. The molecule has 0 N–H and O–H groups in total. The normalized spacial score (nSPS) is 11.7. The summed E-state index contributed by atoms with van der Waals surface area (Å²) in [6, 6.07) is 9.35. The number of hydrogen-bond acceptors (Lipinski definition) is 3. The van der Waals surface area contributed by atoms with E-state index in [9.17, 15) is 8.42 Å². The highest BCUT2D eigenvalue weighted by molar-refractivity contribution is 8.08. The Morgan fingerprint density at radius 1 is 1.23 bits per heavy atom. The first-order valence-electron chi connectivity index (χ1n) is 3.68. The Kier molecular flexibility index (Phi) is 3.55. The van der Waals surface area contributed by atoms with Crippen LogP contribution in [0, 0.1) is 0 Å². The first kappa shape index (κ1) is 10.3. The molecule has 0 aliphatic heterocycles. The molecule has 0 aromatic heterocycles. The minimum Gasteiger partial charge on any atom is -0.408 e. The van der Waals surface area contributed by atoms with E-state index in [-0.39, 0.29) is 15.2 Å². The van der Waals surface area contributed by atoms with Crippen LogP contribution in [-0.4, -0.2) is 23.6 Å². The number of hydrogen-bond donors (Lipinski definition) is 0. The van der Waals surface area contributed by atoms with E-state index >= 15 is 0 Å². The minimum absolute atomic E-state index is 0.00341. The number of rotatable bonds is 3. The molecule has 1 aromatic carbocycles. The fraction of sp³-hybridized carbons (Fsp3) is 0. The highest BCUT2D eigenvalue weighted by Gasteiger charge is 1.95. The van der Waals surface area contributed by atoms with Gasteiger partial charge in [-0.25, -0.2) is 8.42 Å². The van der Waals surface area contributed by atoms with Crippen molar-refractivity contribution in [1.29, 1.82) is 0 Å². The van der Waals surface area contributed by atoms with Crippen LogP contribution in [0.4, 0.5) is 0 Å². The summed E-state index contributed by atoms with van der Waals surface area (Å²) in [7, 11) is -3.24. The maximum atomic E-state index is 10.6. The fourth-order valence-corrected chi connectivity index (χ4v) is 1.36. The first-order chi connectivity index (χ1) is 6.08. The van der Waals surface area contributed by atoms with E-state index in [0.717, 1.165) is 5.56 Å². The zero-order valence-corrected chi connectivity index (χ0v) is 9.99. The van der Waals surface area contributed by atoms with E-state index in [4.69, 9.17) is 0 Å². The first-order valence-corrected chi connectivity index (χ1v) is 7.94. The van der Waals surface area contributed by atoms with E-state index in [1.54, 1.807) is 6.08 Å².